The van der Waals surface area contributed by atoms with E-state index in [0.717, 1.165) is 12.1 Å². The normalized spacial score (nSPS) is 13.3. The summed E-state index contributed by atoms with van der Waals surface area (Å²) in [6.45, 7) is 0.119. The van der Waals surface area contributed by atoms with Crippen LogP contribution in [-0.4, -0.2) is 64.9 Å². The number of sulfonamides is 2. The van der Waals surface area contributed by atoms with Crippen molar-refractivity contribution >= 4 is 45.4 Å². The third-order valence-corrected chi connectivity index (χ3v) is 9.17. The fourth-order valence-corrected chi connectivity index (χ4v) is 5.50. The number of sulfone groups is 2. The summed E-state index contributed by atoms with van der Waals surface area (Å²) >= 11 is 0. The van der Waals surface area contributed by atoms with Gasteiger partial charge in [0, 0.05) is 13.7 Å². The molecule has 0 radical (unpaired) electrons. The Morgan fingerprint density at radius 3 is 1.52 bits per heavy atom. The first-order chi connectivity index (χ1) is 17.8. The lowest BCUT2D eigenvalue weighted by molar-refractivity contribution is -0.0442. The monoisotopic (exact) mass is 669 g/mol. The highest BCUT2D eigenvalue weighted by Crippen LogP contribution is 2.36. The van der Waals surface area contributed by atoms with Crippen LogP contribution in [-0.2, 0) is 44.5 Å². The molecular weight excluding hydrogens is 651 g/mol. The Labute approximate surface area is 223 Å². The van der Waals surface area contributed by atoms with Gasteiger partial charge in [-0.25, -0.2) is 48.3 Å². The van der Waals surface area contributed by atoms with Gasteiger partial charge < -0.3 is 10.1 Å². The lowest BCUT2D eigenvalue weighted by Gasteiger charge is -2.15. The molecule has 2 rings (SSSR count). The summed E-state index contributed by atoms with van der Waals surface area (Å²) in [6.07, 6.45) is 0. The molecule has 12 nitrogen and oxygen atoms in total. The average Bonchev–Trinajstić information content (AvgIpc) is 2.77. The largest absolute Gasteiger partial charge is 0.502 e. The minimum atomic E-state index is -5.98. The molecule has 228 valence electrons. The predicted octanol–water partition coefficient (Wildman–Crippen LogP) is 1.45. The maximum atomic E-state index is 13.1. The number of benzene rings is 2. The van der Waals surface area contributed by atoms with Crippen molar-refractivity contribution in [2.75, 3.05) is 25.6 Å². The van der Waals surface area contributed by atoms with Crippen LogP contribution in [0.1, 0.15) is 0 Å². The van der Waals surface area contributed by atoms with E-state index in [0.29, 0.717) is 12.1 Å². The number of nitrogens with two attached hydrogens (primary N) is 2. The number of methoxy groups -OCH3 is 1. The van der Waals surface area contributed by atoms with E-state index in [4.69, 9.17) is 5.14 Å². The Morgan fingerprint density at radius 2 is 1.12 bits per heavy atom. The molecular formula is C17H18F7N3O9S4. The summed E-state index contributed by atoms with van der Waals surface area (Å²) in [4.78, 5) is -4.69. The first kappa shape index (κ1) is 35.5. The average molecular weight is 670 g/mol. The van der Waals surface area contributed by atoms with Crippen LogP contribution in [0.5, 0.6) is 0 Å². The Hall–Kier alpha value is -2.57. The molecule has 40 heavy (non-hydrogen) atoms. The molecule has 23 heteroatoms. The van der Waals surface area contributed by atoms with Crippen LogP contribution in [0.25, 0.3) is 0 Å². The number of halogens is 7. The van der Waals surface area contributed by atoms with Crippen molar-refractivity contribution in [1.82, 2.24) is 0 Å². The van der Waals surface area contributed by atoms with Crippen molar-refractivity contribution in [1.29, 1.82) is 0 Å². The van der Waals surface area contributed by atoms with Crippen molar-refractivity contribution in [3.63, 3.8) is 0 Å². The first-order valence-electron chi connectivity index (χ1n) is 9.63. The van der Waals surface area contributed by atoms with E-state index in [2.05, 4.69) is 15.2 Å². The third kappa shape index (κ3) is 8.47. The first-order valence-corrected chi connectivity index (χ1v) is 15.7. The van der Waals surface area contributed by atoms with E-state index in [9.17, 15) is 64.4 Å². The Balaban J connectivity index is 0.000000408. The van der Waals surface area contributed by atoms with Crippen molar-refractivity contribution in [2.24, 2.45) is 10.3 Å². The predicted molar refractivity (Wildman–Crippen MR) is 122 cm³/mol. The minimum absolute atomic E-state index is 0.0194. The molecule has 0 amide bonds. The minimum Gasteiger partial charge on any atom is -0.383 e. The summed E-state index contributed by atoms with van der Waals surface area (Å²) in [7, 11) is -19.2. The van der Waals surface area contributed by atoms with Crippen molar-refractivity contribution in [2.45, 2.75) is 30.6 Å². The van der Waals surface area contributed by atoms with Crippen LogP contribution in [0.4, 0.5) is 36.4 Å². The second-order valence-electron chi connectivity index (χ2n) is 7.16. The summed E-state index contributed by atoms with van der Waals surface area (Å²) in [6, 6.07) is 3.02. The van der Waals surface area contributed by atoms with Gasteiger partial charge >= 0.3 is 11.0 Å². The van der Waals surface area contributed by atoms with E-state index in [1.54, 1.807) is 0 Å². The molecule has 0 heterocycles. The van der Waals surface area contributed by atoms with Crippen LogP contribution in [0.3, 0.4) is 0 Å². The number of ether oxygens (including phenoxy) is 1. The number of hydrogen-bond donors (Lipinski definition) is 3. The van der Waals surface area contributed by atoms with E-state index >= 15 is 0 Å². The van der Waals surface area contributed by atoms with E-state index in [-0.39, 0.29) is 25.3 Å². The highest BCUT2D eigenvalue weighted by Gasteiger charge is 2.49. The van der Waals surface area contributed by atoms with Gasteiger partial charge in [0.2, 0.25) is 20.0 Å². The smallest absolute Gasteiger partial charge is 0.383 e. The van der Waals surface area contributed by atoms with Gasteiger partial charge in [0.1, 0.15) is 15.6 Å². The van der Waals surface area contributed by atoms with Gasteiger partial charge in [-0.05, 0) is 36.4 Å². The lowest BCUT2D eigenvalue weighted by atomic mass is 10.3. The molecule has 2 aromatic carbocycles. The lowest BCUT2D eigenvalue weighted by Crippen LogP contribution is -2.25. The molecule has 0 saturated heterocycles. The Morgan fingerprint density at radius 1 is 0.725 bits per heavy atom. The van der Waals surface area contributed by atoms with E-state index in [1.807, 2.05) is 0 Å². The highest BCUT2D eigenvalue weighted by atomic mass is 32.2. The van der Waals surface area contributed by atoms with Crippen LogP contribution in [0.15, 0.2) is 56.0 Å². The molecule has 0 aromatic heterocycles. The quantitative estimate of drug-likeness (QED) is 0.272. The molecule has 0 fully saturated rings. The number of nitrogens with one attached hydrogen (secondary N) is 1. The maximum absolute atomic E-state index is 13.1. The van der Waals surface area contributed by atoms with Gasteiger partial charge in [0.15, 0.2) is 0 Å². The molecule has 0 aliphatic rings. The molecule has 2 aromatic rings. The fraction of sp³-hybridized carbons (Fsp3) is 0.294. The topological polar surface area (TPSA) is 210 Å². The molecule has 0 bridgehead atoms. The van der Waals surface area contributed by atoms with Crippen molar-refractivity contribution < 1.29 is 69.1 Å². The zero-order valence-corrected chi connectivity index (χ0v) is 22.8. The van der Waals surface area contributed by atoms with E-state index in [1.165, 1.54) is 7.11 Å². The summed E-state index contributed by atoms with van der Waals surface area (Å²) < 4.78 is 182. The Kier molecular flexibility index (Phi) is 10.7. The molecule has 5 N–H and O–H groups in total. The van der Waals surface area contributed by atoms with Gasteiger partial charge in [-0.1, -0.05) is 0 Å². The van der Waals surface area contributed by atoms with Crippen LogP contribution in [0, 0.1) is 5.82 Å². The van der Waals surface area contributed by atoms with Crippen molar-refractivity contribution in [3.05, 3.63) is 42.2 Å². The zero-order valence-electron chi connectivity index (χ0n) is 19.5. The van der Waals surface area contributed by atoms with Crippen LogP contribution in [0.2, 0.25) is 0 Å². The second-order valence-corrected chi connectivity index (χ2v) is 14.1. The van der Waals surface area contributed by atoms with Crippen LogP contribution < -0.4 is 15.6 Å². The maximum Gasteiger partial charge on any atom is 0.502 e. The molecule has 0 aliphatic heterocycles. The molecule has 0 atom stereocenters. The second kappa shape index (κ2) is 12.1. The SMILES string of the molecule is COCCNc1ccc(S(N)(=O)=O)cc1S(=O)(=O)C(F)(F)F.NS(=O)(=O)c1ccc(F)c(S(=O)(=O)C(F)(F)F)c1. The van der Waals surface area contributed by atoms with E-state index < -0.39 is 81.8 Å². The van der Waals surface area contributed by atoms with Gasteiger partial charge in [-0.3, -0.25) is 0 Å². The number of rotatable bonds is 8. The number of alkyl halides is 6. The van der Waals surface area contributed by atoms with Gasteiger partial charge in [0.05, 0.1) is 22.1 Å². The Bertz CT molecular complexity index is 1670. The fourth-order valence-electron chi connectivity index (χ4n) is 2.45. The standard InChI is InChI=1S/C10H13F3N2O5S2.C7H5F4NO4S2/c1-20-5-4-15-8-3-2-7(22(14,18)19)6-9(8)21(16,17)10(11,12)13;8-5-2-1-4(18(12,15)16)3-6(5)17(13,14)7(9,10)11/h2-3,6,15H,4-5H2,1H3,(H2,14,18,19);1-3H,(H2,12,15,16). The third-order valence-electron chi connectivity index (χ3n) is 4.32. The van der Waals surface area contributed by atoms with Gasteiger partial charge in [-0.15, -0.1) is 0 Å². The molecule has 0 aliphatic carbocycles. The summed E-state index contributed by atoms with van der Waals surface area (Å²) in [5.41, 5.74) is -11.7. The molecule has 0 unspecified atom stereocenters. The highest BCUT2D eigenvalue weighted by molar-refractivity contribution is 7.93. The van der Waals surface area contributed by atoms with Gasteiger partial charge in [-0.2, -0.15) is 26.3 Å². The summed E-state index contributed by atoms with van der Waals surface area (Å²) in [5.74, 6) is -1.72. The molecule has 0 saturated carbocycles. The zero-order chi connectivity index (χ0) is 31.5. The number of primary sulfonamides is 2. The number of hydrogen-bond acceptors (Lipinski definition) is 10. The van der Waals surface area contributed by atoms with Gasteiger partial charge in [0.25, 0.3) is 19.7 Å². The van der Waals surface area contributed by atoms with Crippen molar-refractivity contribution in [3.8, 4) is 0 Å². The molecule has 0 spiro atoms. The van der Waals surface area contributed by atoms with Crippen LogP contribution >= 0.6 is 0 Å². The number of anilines is 1. The summed E-state index contributed by atoms with van der Waals surface area (Å²) in [5, 5.41) is 11.8.